The van der Waals surface area contributed by atoms with Crippen LogP contribution in [0.1, 0.15) is 24.2 Å². The molecule has 0 fully saturated rings. The van der Waals surface area contributed by atoms with Crippen molar-refractivity contribution >= 4 is 23.8 Å². The van der Waals surface area contributed by atoms with Crippen LogP contribution in [-0.2, 0) is 0 Å². The number of quaternary nitrogens is 1. The van der Waals surface area contributed by atoms with Gasteiger partial charge in [-0.05, 0) is 48.0 Å². The molecule has 2 aromatic heterocycles. The zero-order valence-electron chi connectivity index (χ0n) is 28.1. The normalized spacial score (nSPS) is 11.7. The lowest BCUT2D eigenvalue weighted by Gasteiger charge is -2.33. The van der Waals surface area contributed by atoms with Gasteiger partial charge in [0.25, 0.3) is 5.56 Å². The molecular formula is C30H54N11O4+. The molecule has 252 valence electrons. The Hall–Kier alpha value is -3.79. The van der Waals surface area contributed by atoms with Gasteiger partial charge in [0.15, 0.2) is 5.43 Å². The molecule has 0 atom stereocenters. The largest absolute Gasteiger partial charge is 0.345 e. The number of anilines is 2. The standard InChI is InChI=1S/C30H53N11O4/c1-23-20-25(42)22-26(33-23)35-29(44)32-11-9-18-41(6,7)19-17-40(15-13-38(3)4)16-14-39(5)12-8-10-31-30(45)37-28-34-24(2)21-27(43)36-28/h20-22H,8-19H2,1-7H3,(H5-,31,32,33,34,35,36,37,42,43,44,45)/p+1. The number of amides is 4. The van der Waals surface area contributed by atoms with Crippen LogP contribution < -0.4 is 32.3 Å². The molecule has 0 aromatic carbocycles. The molecule has 0 radical (unpaired) electrons. The van der Waals surface area contributed by atoms with Gasteiger partial charge in [0, 0.05) is 81.8 Å². The van der Waals surface area contributed by atoms with E-state index in [9.17, 15) is 19.2 Å². The molecule has 0 aliphatic heterocycles. The maximum absolute atomic E-state index is 12.2. The first-order chi connectivity index (χ1) is 21.2. The molecule has 15 nitrogen and oxygen atoms in total. The molecule has 0 spiro atoms. The Bertz CT molecular complexity index is 1330. The molecule has 0 aliphatic rings. The third-order valence-corrected chi connectivity index (χ3v) is 7.24. The van der Waals surface area contributed by atoms with E-state index in [2.05, 4.69) is 86.2 Å². The molecule has 0 unspecified atom stereocenters. The van der Waals surface area contributed by atoms with E-state index < -0.39 is 6.03 Å². The summed E-state index contributed by atoms with van der Waals surface area (Å²) in [4.78, 5) is 64.0. The lowest BCUT2D eigenvalue weighted by atomic mass is 10.3. The number of pyridine rings is 1. The zero-order valence-corrected chi connectivity index (χ0v) is 28.1. The van der Waals surface area contributed by atoms with Crippen LogP contribution in [-0.4, -0.2) is 147 Å². The Labute approximate surface area is 266 Å². The van der Waals surface area contributed by atoms with E-state index in [-0.39, 0.29) is 23.0 Å². The first kappa shape index (κ1) is 37.4. The topological polar surface area (TPSA) is 171 Å². The number of H-pyrrole nitrogens is 2. The lowest BCUT2D eigenvalue weighted by molar-refractivity contribution is -0.889. The second kappa shape index (κ2) is 18.9. The Morgan fingerprint density at radius 2 is 1.47 bits per heavy atom. The summed E-state index contributed by atoms with van der Waals surface area (Å²) in [5.41, 5.74) is 0.761. The predicted octanol–water partition coefficient (Wildman–Crippen LogP) is 0.670. The van der Waals surface area contributed by atoms with Crippen LogP contribution in [0.3, 0.4) is 0 Å². The van der Waals surface area contributed by atoms with Crippen molar-refractivity contribution in [3.63, 3.8) is 0 Å². The van der Waals surface area contributed by atoms with Gasteiger partial charge in [0.05, 0.1) is 27.2 Å². The molecule has 4 amide bonds. The summed E-state index contributed by atoms with van der Waals surface area (Å²) in [5, 5.41) is 10.9. The van der Waals surface area contributed by atoms with Gasteiger partial charge < -0.3 is 29.9 Å². The summed E-state index contributed by atoms with van der Waals surface area (Å²) >= 11 is 0. The van der Waals surface area contributed by atoms with Gasteiger partial charge in [-0.1, -0.05) is 0 Å². The molecule has 6 N–H and O–H groups in total. The average molecular weight is 633 g/mol. The van der Waals surface area contributed by atoms with Crippen LogP contribution in [0.5, 0.6) is 0 Å². The maximum Gasteiger partial charge on any atom is 0.321 e. The van der Waals surface area contributed by atoms with Crippen LogP contribution in [0.15, 0.2) is 27.8 Å². The van der Waals surface area contributed by atoms with Crippen LogP contribution in [0, 0.1) is 13.8 Å². The zero-order chi connectivity index (χ0) is 33.4. The van der Waals surface area contributed by atoms with E-state index >= 15 is 0 Å². The average Bonchev–Trinajstić information content (AvgIpc) is 2.91. The number of hydrogen-bond acceptors (Lipinski definition) is 8. The van der Waals surface area contributed by atoms with Gasteiger partial charge in [0.1, 0.15) is 5.82 Å². The maximum atomic E-state index is 12.2. The van der Waals surface area contributed by atoms with E-state index in [0.29, 0.717) is 30.3 Å². The van der Waals surface area contributed by atoms with Gasteiger partial charge in [-0.3, -0.25) is 30.1 Å². The van der Waals surface area contributed by atoms with Gasteiger partial charge >= 0.3 is 12.1 Å². The van der Waals surface area contributed by atoms with Crippen molar-refractivity contribution in [2.24, 2.45) is 0 Å². The monoisotopic (exact) mass is 632 g/mol. The summed E-state index contributed by atoms with van der Waals surface area (Å²) in [6.07, 6.45) is 1.62. The van der Waals surface area contributed by atoms with E-state index in [4.69, 9.17) is 0 Å². The van der Waals surface area contributed by atoms with E-state index in [0.717, 1.165) is 69.7 Å². The van der Waals surface area contributed by atoms with Gasteiger partial charge in [-0.2, -0.15) is 0 Å². The number of aromatic amines is 2. The predicted molar refractivity (Wildman–Crippen MR) is 179 cm³/mol. The van der Waals surface area contributed by atoms with Crippen molar-refractivity contribution < 1.29 is 14.1 Å². The molecule has 0 saturated heterocycles. The highest BCUT2D eigenvalue weighted by atomic mass is 16.2. The molecule has 0 aliphatic carbocycles. The van der Waals surface area contributed by atoms with Crippen LogP contribution in [0.2, 0.25) is 0 Å². The second-order valence-corrected chi connectivity index (χ2v) is 12.4. The lowest BCUT2D eigenvalue weighted by Crippen LogP contribution is -2.48. The Balaban J connectivity index is 1.68. The minimum Gasteiger partial charge on any atom is -0.345 e. The molecule has 45 heavy (non-hydrogen) atoms. The summed E-state index contributed by atoms with van der Waals surface area (Å²) in [7, 11) is 10.7. The van der Waals surface area contributed by atoms with E-state index in [1.54, 1.807) is 13.8 Å². The summed E-state index contributed by atoms with van der Waals surface area (Å²) < 4.78 is 0.836. The minimum atomic E-state index is -0.402. The molecule has 0 bridgehead atoms. The fourth-order valence-electron chi connectivity index (χ4n) is 4.59. The van der Waals surface area contributed by atoms with Crippen molar-refractivity contribution in [1.29, 1.82) is 0 Å². The number of likely N-dealkylation sites (N-methyl/N-ethyl adjacent to an activating group) is 3. The van der Waals surface area contributed by atoms with Crippen molar-refractivity contribution in [2.75, 3.05) is 111 Å². The summed E-state index contributed by atoms with van der Waals surface area (Å²) in [5.74, 6) is 0.513. The van der Waals surface area contributed by atoms with Crippen molar-refractivity contribution in [1.82, 2.24) is 40.3 Å². The highest BCUT2D eigenvalue weighted by Gasteiger charge is 2.18. The highest BCUT2D eigenvalue weighted by molar-refractivity contribution is 5.88. The highest BCUT2D eigenvalue weighted by Crippen LogP contribution is 2.03. The Morgan fingerprint density at radius 3 is 2.13 bits per heavy atom. The molecule has 0 saturated carbocycles. The van der Waals surface area contributed by atoms with Crippen molar-refractivity contribution in [2.45, 2.75) is 26.7 Å². The Kier molecular flexibility index (Phi) is 15.7. The molecule has 15 heteroatoms. The number of nitrogens with zero attached hydrogens (tertiary/aromatic N) is 5. The number of aromatic nitrogens is 3. The number of rotatable bonds is 19. The smallest absolute Gasteiger partial charge is 0.321 e. The van der Waals surface area contributed by atoms with E-state index in [1.807, 2.05) is 0 Å². The molecule has 2 rings (SSSR count). The number of carbonyl (C=O) groups excluding carboxylic acids is 2. The minimum absolute atomic E-state index is 0.131. The third-order valence-electron chi connectivity index (χ3n) is 7.24. The summed E-state index contributed by atoms with van der Waals surface area (Å²) in [6.45, 7) is 12.0. The van der Waals surface area contributed by atoms with Crippen LogP contribution in [0.25, 0.3) is 0 Å². The van der Waals surface area contributed by atoms with Gasteiger partial charge in [0.2, 0.25) is 5.95 Å². The molecule has 2 aromatic rings. The number of carbonyl (C=O) groups is 2. The number of hydrogen-bond donors (Lipinski definition) is 6. The number of urea groups is 2. The van der Waals surface area contributed by atoms with Crippen molar-refractivity contribution in [3.05, 3.63) is 50.2 Å². The first-order valence-electron chi connectivity index (χ1n) is 15.5. The molecular weight excluding hydrogens is 578 g/mol. The van der Waals surface area contributed by atoms with Crippen molar-refractivity contribution in [3.8, 4) is 0 Å². The van der Waals surface area contributed by atoms with Gasteiger partial charge in [-0.25, -0.2) is 14.6 Å². The summed E-state index contributed by atoms with van der Waals surface area (Å²) in [6, 6.07) is 3.47. The van der Waals surface area contributed by atoms with Crippen LogP contribution in [0.4, 0.5) is 21.4 Å². The Morgan fingerprint density at radius 1 is 0.800 bits per heavy atom. The first-order valence-corrected chi connectivity index (χ1v) is 15.5. The number of nitrogens with one attached hydrogen (secondary N) is 6. The molecule has 2 heterocycles. The number of aryl methyl sites for hydroxylation is 2. The quantitative estimate of drug-likeness (QED) is 0.0970. The fourth-order valence-corrected chi connectivity index (χ4v) is 4.59. The third kappa shape index (κ3) is 16.7. The van der Waals surface area contributed by atoms with E-state index in [1.165, 1.54) is 18.2 Å². The van der Waals surface area contributed by atoms with Gasteiger partial charge in [-0.15, -0.1) is 0 Å². The fraction of sp³-hybridized carbons (Fsp3) is 0.633. The SMILES string of the molecule is Cc1cc(=O)[nH]c(NC(=O)NCCCN(C)CCN(CCN(C)C)CC[N+](C)(C)CCCNC(=O)Nc2cc(=O)cc(C)[nH]2)n1. The van der Waals surface area contributed by atoms with Crippen LogP contribution >= 0.6 is 0 Å². The second-order valence-electron chi connectivity index (χ2n) is 12.4.